The van der Waals surface area contributed by atoms with Crippen molar-refractivity contribution in [2.75, 3.05) is 32.6 Å². The van der Waals surface area contributed by atoms with Crippen molar-refractivity contribution in [1.82, 2.24) is 20.0 Å². The third kappa shape index (κ3) is 5.60. The standard InChI is InChI=1S/C22H31N5O3/c1-15-13-21(27(25-15)18-9-11-26(3)12-10-18)24-22(29)14-20(23-16(2)28)17-5-7-19(30-4)8-6-17/h5-8,13,18,20H,9-12,14H2,1-4H3,(H,23,28)(H,24,29). The summed E-state index contributed by atoms with van der Waals surface area (Å²) < 4.78 is 7.14. The molecule has 0 aliphatic carbocycles. The van der Waals surface area contributed by atoms with Gasteiger partial charge in [0.15, 0.2) is 0 Å². The van der Waals surface area contributed by atoms with E-state index in [4.69, 9.17) is 4.74 Å². The summed E-state index contributed by atoms with van der Waals surface area (Å²) in [4.78, 5) is 26.9. The van der Waals surface area contributed by atoms with Crippen LogP contribution in [0, 0.1) is 6.92 Å². The molecule has 0 bridgehead atoms. The number of carbonyl (C=O) groups excluding carboxylic acids is 2. The lowest BCUT2D eigenvalue weighted by atomic mass is 10.0. The van der Waals surface area contributed by atoms with E-state index in [1.165, 1.54) is 6.92 Å². The van der Waals surface area contributed by atoms with Crippen LogP contribution in [0.5, 0.6) is 5.75 Å². The van der Waals surface area contributed by atoms with Crippen LogP contribution in [-0.2, 0) is 9.59 Å². The zero-order valence-electron chi connectivity index (χ0n) is 18.1. The molecule has 1 aromatic heterocycles. The molecular weight excluding hydrogens is 382 g/mol. The van der Waals surface area contributed by atoms with Crippen molar-refractivity contribution in [3.05, 3.63) is 41.6 Å². The maximum Gasteiger partial charge on any atom is 0.227 e. The summed E-state index contributed by atoms with van der Waals surface area (Å²) in [6.45, 7) is 5.41. The van der Waals surface area contributed by atoms with E-state index in [1.54, 1.807) is 7.11 Å². The molecule has 1 aliphatic heterocycles. The average molecular weight is 414 g/mol. The van der Waals surface area contributed by atoms with E-state index in [9.17, 15) is 9.59 Å². The highest BCUT2D eigenvalue weighted by molar-refractivity contribution is 5.91. The third-order valence-electron chi connectivity index (χ3n) is 5.44. The zero-order chi connectivity index (χ0) is 21.7. The van der Waals surface area contributed by atoms with E-state index in [2.05, 4.69) is 27.7 Å². The molecule has 1 fully saturated rings. The summed E-state index contributed by atoms with van der Waals surface area (Å²) >= 11 is 0. The first-order valence-electron chi connectivity index (χ1n) is 10.3. The van der Waals surface area contributed by atoms with Crippen LogP contribution in [0.3, 0.4) is 0 Å². The number of likely N-dealkylation sites (tertiary alicyclic amines) is 1. The fourth-order valence-electron chi connectivity index (χ4n) is 3.84. The van der Waals surface area contributed by atoms with Crippen molar-refractivity contribution in [2.24, 2.45) is 0 Å². The highest BCUT2D eigenvalue weighted by Gasteiger charge is 2.23. The monoisotopic (exact) mass is 413 g/mol. The Morgan fingerprint density at radius 1 is 1.23 bits per heavy atom. The molecule has 8 nitrogen and oxygen atoms in total. The van der Waals surface area contributed by atoms with Crippen molar-refractivity contribution in [1.29, 1.82) is 0 Å². The molecule has 2 N–H and O–H groups in total. The summed E-state index contributed by atoms with van der Waals surface area (Å²) in [6, 6.07) is 9.12. The number of aromatic nitrogens is 2. The number of nitrogens with one attached hydrogen (secondary N) is 2. The Morgan fingerprint density at radius 3 is 2.50 bits per heavy atom. The first-order valence-corrected chi connectivity index (χ1v) is 10.3. The second kappa shape index (κ2) is 9.75. The Bertz CT molecular complexity index is 869. The van der Waals surface area contributed by atoms with Gasteiger partial charge in [-0.1, -0.05) is 12.1 Å². The molecule has 1 aromatic carbocycles. The highest BCUT2D eigenvalue weighted by Crippen LogP contribution is 2.27. The predicted octanol–water partition coefficient (Wildman–Crippen LogP) is 2.67. The minimum atomic E-state index is -0.422. The van der Waals surface area contributed by atoms with Gasteiger partial charge in [0.1, 0.15) is 11.6 Å². The first kappa shape index (κ1) is 21.8. The molecule has 0 spiro atoms. The number of hydrogen-bond acceptors (Lipinski definition) is 5. The van der Waals surface area contributed by atoms with Crippen LogP contribution in [0.15, 0.2) is 30.3 Å². The van der Waals surface area contributed by atoms with Crippen molar-refractivity contribution in [3.8, 4) is 5.75 Å². The molecule has 0 saturated carbocycles. The maximum absolute atomic E-state index is 12.9. The van der Waals surface area contributed by atoms with Gasteiger partial charge in [0.2, 0.25) is 11.8 Å². The van der Waals surface area contributed by atoms with Gasteiger partial charge in [-0.05, 0) is 57.6 Å². The largest absolute Gasteiger partial charge is 0.497 e. The number of nitrogens with zero attached hydrogens (tertiary/aromatic N) is 3. The van der Waals surface area contributed by atoms with Crippen LogP contribution in [0.1, 0.15) is 49.5 Å². The molecule has 8 heteroatoms. The number of carbonyl (C=O) groups is 2. The SMILES string of the molecule is COc1ccc(C(CC(=O)Nc2cc(C)nn2C2CCN(C)CC2)NC(C)=O)cc1. The summed E-state index contributed by atoms with van der Waals surface area (Å²) in [7, 11) is 3.72. The number of methoxy groups -OCH3 is 1. The maximum atomic E-state index is 12.9. The van der Waals surface area contributed by atoms with Gasteiger partial charge in [0, 0.05) is 13.0 Å². The van der Waals surface area contributed by atoms with E-state index in [-0.39, 0.29) is 24.3 Å². The number of anilines is 1. The zero-order valence-corrected chi connectivity index (χ0v) is 18.1. The summed E-state index contributed by atoms with van der Waals surface area (Å²) in [5, 5.41) is 10.5. The van der Waals surface area contributed by atoms with Gasteiger partial charge >= 0.3 is 0 Å². The lowest BCUT2D eigenvalue weighted by Crippen LogP contribution is -2.33. The second-order valence-electron chi connectivity index (χ2n) is 7.93. The Balaban J connectivity index is 1.71. The number of hydrogen-bond donors (Lipinski definition) is 2. The number of benzene rings is 1. The van der Waals surface area contributed by atoms with Crippen molar-refractivity contribution in [3.63, 3.8) is 0 Å². The Morgan fingerprint density at radius 2 is 1.90 bits per heavy atom. The third-order valence-corrected chi connectivity index (χ3v) is 5.44. The van der Waals surface area contributed by atoms with Crippen LogP contribution < -0.4 is 15.4 Å². The Hall–Kier alpha value is -2.87. The molecule has 2 heterocycles. The van der Waals surface area contributed by atoms with Crippen LogP contribution in [0.25, 0.3) is 0 Å². The number of piperidine rings is 1. The van der Waals surface area contributed by atoms with E-state index < -0.39 is 6.04 Å². The minimum Gasteiger partial charge on any atom is -0.497 e. The molecule has 162 valence electrons. The van der Waals surface area contributed by atoms with Gasteiger partial charge in [-0.25, -0.2) is 4.68 Å². The average Bonchev–Trinajstić information content (AvgIpc) is 3.07. The fourth-order valence-corrected chi connectivity index (χ4v) is 3.84. The number of rotatable bonds is 7. The lowest BCUT2D eigenvalue weighted by molar-refractivity contribution is -0.120. The quantitative estimate of drug-likeness (QED) is 0.729. The smallest absolute Gasteiger partial charge is 0.227 e. The topological polar surface area (TPSA) is 88.5 Å². The van der Waals surface area contributed by atoms with Gasteiger partial charge in [0.05, 0.1) is 31.3 Å². The molecule has 1 atom stereocenters. The minimum absolute atomic E-state index is 0.129. The number of aryl methyl sites for hydroxylation is 1. The summed E-state index contributed by atoms with van der Waals surface area (Å²) in [5.74, 6) is 1.08. The van der Waals surface area contributed by atoms with Crippen molar-refractivity contribution < 1.29 is 14.3 Å². The second-order valence-corrected chi connectivity index (χ2v) is 7.93. The Labute approximate surface area is 177 Å². The molecule has 30 heavy (non-hydrogen) atoms. The van der Waals surface area contributed by atoms with Crippen molar-refractivity contribution in [2.45, 2.75) is 45.2 Å². The predicted molar refractivity (Wildman–Crippen MR) is 116 cm³/mol. The van der Waals surface area contributed by atoms with Gasteiger partial charge in [-0.3, -0.25) is 9.59 Å². The molecular formula is C22H31N5O3. The van der Waals surface area contributed by atoms with E-state index >= 15 is 0 Å². The van der Waals surface area contributed by atoms with Crippen LogP contribution in [0.2, 0.25) is 0 Å². The molecule has 3 rings (SSSR count). The first-order chi connectivity index (χ1) is 14.4. The van der Waals surface area contributed by atoms with Gasteiger partial charge in [-0.15, -0.1) is 0 Å². The van der Waals surface area contributed by atoms with E-state index in [0.717, 1.165) is 42.9 Å². The van der Waals surface area contributed by atoms with Gasteiger partial charge < -0.3 is 20.3 Å². The number of amides is 2. The highest BCUT2D eigenvalue weighted by atomic mass is 16.5. The fraction of sp³-hybridized carbons (Fsp3) is 0.500. The normalized spacial score (nSPS) is 16.1. The van der Waals surface area contributed by atoms with Crippen molar-refractivity contribution >= 4 is 17.6 Å². The molecule has 1 unspecified atom stereocenters. The molecule has 2 amide bonds. The van der Waals surface area contributed by atoms with Crippen LogP contribution in [-0.4, -0.2) is 53.7 Å². The molecule has 2 aromatic rings. The molecule has 0 radical (unpaired) electrons. The van der Waals surface area contributed by atoms with Gasteiger partial charge in [0.25, 0.3) is 0 Å². The van der Waals surface area contributed by atoms with E-state index in [0.29, 0.717) is 5.82 Å². The van der Waals surface area contributed by atoms with Gasteiger partial charge in [-0.2, -0.15) is 5.10 Å². The van der Waals surface area contributed by atoms with E-state index in [1.807, 2.05) is 41.9 Å². The number of ether oxygens (including phenoxy) is 1. The molecule has 1 saturated heterocycles. The lowest BCUT2D eigenvalue weighted by Gasteiger charge is -2.30. The summed E-state index contributed by atoms with van der Waals surface area (Å²) in [5.41, 5.74) is 1.72. The Kier molecular flexibility index (Phi) is 7.10. The molecule has 1 aliphatic rings. The van der Waals surface area contributed by atoms with Crippen LogP contribution >= 0.6 is 0 Å². The summed E-state index contributed by atoms with van der Waals surface area (Å²) in [6.07, 6.45) is 2.13. The van der Waals surface area contributed by atoms with Crippen LogP contribution in [0.4, 0.5) is 5.82 Å².